The first-order valence-corrected chi connectivity index (χ1v) is 11.4. The summed E-state index contributed by atoms with van der Waals surface area (Å²) in [6.45, 7) is 5.82. The molecule has 0 saturated carbocycles. The van der Waals surface area contributed by atoms with Crippen molar-refractivity contribution in [3.05, 3.63) is 89.5 Å². The molecule has 3 aromatic carbocycles. The number of nitrogens with one attached hydrogen (secondary N) is 3. The molecule has 3 N–H and O–H groups in total. The minimum atomic E-state index is -0.350. The summed E-state index contributed by atoms with van der Waals surface area (Å²) in [5.74, 6) is -0.157. The maximum Gasteiger partial charge on any atom is 0.323 e. The van der Waals surface area contributed by atoms with E-state index in [1.54, 1.807) is 6.07 Å². The molecule has 1 atom stereocenters. The average molecular weight is 443 g/mol. The molecule has 33 heavy (non-hydrogen) atoms. The Bertz CT molecular complexity index is 1110. The van der Waals surface area contributed by atoms with E-state index in [9.17, 15) is 9.59 Å². The van der Waals surface area contributed by atoms with Gasteiger partial charge in [-0.1, -0.05) is 48.0 Å². The van der Waals surface area contributed by atoms with Crippen molar-refractivity contribution < 1.29 is 9.59 Å². The van der Waals surface area contributed by atoms with Gasteiger partial charge in [0.1, 0.15) is 0 Å². The largest absolute Gasteiger partial charge is 0.371 e. The van der Waals surface area contributed by atoms with Crippen LogP contribution in [0.1, 0.15) is 47.3 Å². The number of hydrogen-bond donors (Lipinski definition) is 3. The Morgan fingerprint density at radius 2 is 1.48 bits per heavy atom. The van der Waals surface area contributed by atoms with Gasteiger partial charge >= 0.3 is 6.03 Å². The lowest BCUT2D eigenvalue weighted by molar-refractivity contribution is 0.0940. The summed E-state index contributed by atoms with van der Waals surface area (Å²) in [4.78, 5) is 28.1. The summed E-state index contributed by atoms with van der Waals surface area (Å²) in [5, 5.41) is 8.79. The highest BCUT2D eigenvalue weighted by Gasteiger charge is 2.22. The molecule has 1 aliphatic rings. The number of rotatable bonds is 6. The lowest BCUT2D eigenvalue weighted by atomic mass is 10.1. The van der Waals surface area contributed by atoms with Crippen LogP contribution >= 0.6 is 0 Å². The number of aryl methyl sites for hydroxylation is 1. The van der Waals surface area contributed by atoms with Gasteiger partial charge in [0.2, 0.25) is 0 Å². The molecule has 0 bridgehead atoms. The molecule has 0 aliphatic carbocycles. The third-order valence-corrected chi connectivity index (χ3v) is 5.90. The number of benzene rings is 3. The summed E-state index contributed by atoms with van der Waals surface area (Å²) in [5.41, 5.74) is 4.91. The number of amides is 3. The van der Waals surface area contributed by atoms with Crippen LogP contribution in [0.2, 0.25) is 0 Å². The molecule has 1 unspecified atom stereocenters. The van der Waals surface area contributed by atoms with Gasteiger partial charge in [-0.2, -0.15) is 0 Å². The molecule has 0 aromatic heterocycles. The van der Waals surface area contributed by atoms with Gasteiger partial charge in [0.15, 0.2) is 0 Å². The smallest absolute Gasteiger partial charge is 0.323 e. The molecule has 4 rings (SSSR count). The van der Waals surface area contributed by atoms with Crippen LogP contribution in [-0.2, 0) is 0 Å². The highest BCUT2D eigenvalue weighted by Crippen LogP contribution is 2.28. The molecule has 0 radical (unpaired) electrons. The molecule has 1 heterocycles. The molecule has 1 saturated heterocycles. The first-order chi connectivity index (χ1) is 16.0. The van der Waals surface area contributed by atoms with Gasteiger partial charge < -0.3 is 20.9 Å². The molecule has 0 spiro atoms. The van der Waals surface area contributed by atoms with Crippen LogP contribution in [0.5, 0.6) is 0 Å². The predicted octanol–water partition coefficient (Wildman–Crippen LogP) is 5.73. The van der Waals surface area contributed by atoms with E-state index in [0.717, 1.165) is 42.7 Å². The zero-order chi connectivity index (χ0) is 23.2. The van der Waals surface area contributed by atoms with E-state index in [2.05, 4.69) is 20.9 Å². The van der Waals surface area contributed by atoms with Gasteiger partial charge in [-0.25, -0.2) is 4.79 Å². The van der Waals surface area contributed by atoms with Crippen molar-refractivity contribution in [2.24, 2.45) is 0 Å². The fourth-order valence-corrected chi connectivity index (χ4v) is 4.06. The van der Waals surface area contributed by atoms with Crippen LogP contribution < -0.4 is 20.9 Å². The first-order valence-electron chi connectivity index (χ1n) is 11.4. The van der Waals surface area contributed by atoms with Crippen LogP contribution in [0.3, 0.4) is 0 Å². The maximum atomic E-state index is 13.3. The number of hydrogen-bond acceptors (Lipinski definition) is 3. The second-order valence-electron chi connectivity index (χ2n) is 8.48. The second-order valence-corrected chi connectivity index (χ2v) is 8.48. The maximum absolute atomic E-state index is 13.3. The van der Waals surface area contributed by atoms with Gasteiger partial charge in [0.05, 0.1) is 11.6 Å². The van der Waals surface area contributed by atoms with Crippen molar-refractivity contribution in [1.29, 1.82) is 0 Å². The van der Waals surface area contributed by atoms with Gasteiger partial charge in [-0.15, -0.1) is 0 Å². The Labute approximate surface area is 195 Å². The Morgan fingerprint density at radius 3 is 2.18 bits per heavy atom. The summed E-state index contributed by atoms with van der Waals surface area (Å²) in [7, 11) is 0. The van der Waals surface area contributed by atoms with Crippen LogP contribution in [-0.4, -0.2) is 25.0 Å². The first kappa shape index (κ1) is 22.4. The molecule has 6 heteroatoms. The zero-order valence-corrected chi connectivity index (χ0v) is 19.1. The number of urea groups is 1. The van der Waals surface area contributed by atoms with E-state index < -0.39 is 0 Å². The van der Waals surface area contributed by atoms with Crippen molar-refractivity contribution in [1.82, 2.24) is 5.32 Å². The SMILES string of the molecule is Cc1ccc(NC(=O)Nc2ccc(N3CCCC3)c(C(=O)NC(C)c3ccccc3)c2)cc1. The Kier molecular flexibility index (Phi) is 6.93. The quantitative estimate of drug-likeness (QED) is 0.456. The third-order valence-electron chi connectivity index (χ3n) is 5.90. The Hall–Kier alpha value is -3.80. The van der Waals surface area contributed by atoms with Crippen LogP contribution in [0.25, 0.3) is 0 Å². The molecule has 1 aliphatic heterocycles. The van der Waals surface area contributed by atoms with Gasteiger partial charge in [-0.3, -0.25) is 4.79 Å². The lowest BCUT2D eigenvalue weighted by Gasteiger charge is -2.23. The number of carbonyl (C=O) groups excluding carboxylic acids is 2. The summed E-state index contributed by atoms with van der Waals surface area (Å²) in [6, 6.07) is 22.5. The van der Waals surface area contributed by atoms with Gasteiger partial charge in [0.25, 0.3) is 5.91 Å². The third kappa shape index (κ3) is 5.71. The van der Waals surface area contributed by atoms with Crippen LogP contribution in [0.4, 0.5) is 21.9 Å². The predicted molar refractivity (Wildman–Crippen MR) is 134 cm³/mol. The molecule has 6 nitrogen and oxygen atoms in total. The highest BCUT2D eigenvalue weighted by atomic mass is 16.2. The van der Waals surface area contributed by atoms with E-state index >= 15 is 0 Å². The van der Waals surface area contributed by atoms with Crippen molar-refractivity contribution in [2.75, 3.05) is 28.6 Å². The van der Waals surface area contributed by atoms with E-state index in [-0.39, 0.29) is 18.0 Å². The lowest BCUT2D eigenvalue weighted by Crippen LogP contribution is -2.30. The van der Waals surface area contributed by atoms with Gasteiger partial charge in [-0.05, 0) is 62.6 Å². The zero-order valence-electron chi connectivity index (χ0n) is 19.1. The van der Waals surface area contributed by atoms with Crippen molar-refractivity contribution >= 4 is 29.0 Å². The van der Waals surface area contributed by atoms with Crippen molar-refractivity contribution in [3.63, 3.8) is 0 Å². The van der Waals surface area contributed by atoms with Crippen molar-refractivity contribution in [2.45, 2.75) is 32.7 Å². The van der Waals surface area contributed by atoms with E-state index in [0.29, 0.717) is 16.9 Å². The van der Waals surface area contributed by atoms with E-state index in [1.807, 2.05) is 80.6 Å². The van der Waals surface area contributed by atoms with Crippen LogP contribution in [0.15, 0.2) is 72.8 Å². The Balaban J connectivity index is 1.53. The summed E-state index contributed by atoms with van der Waals surface area (Å²) >= 11 is 0. The molecule has 3 aromatic rings. The molecular formula is C27H30N4O2. The van der Waals surface area contributed by atoms with E-state index in [4.69, 9.17) is 0 Å². The Morgan fingerprint density at radius 1 is 0.848 bits per heavy atom. The monoisotopic (exact) mass is 442 g/mol. The minimum Gasteiger partial charge on any atom is -0.371 e. The highest BCUT2D eigenvalue weighted by molar-refractivity contribution is 6.04. The molecule has 170 valence electrons. The minimum absolute atomic E-state index is 0.133. The average Bonchev–Trinajstić information content (AvgIpc) is 3.36. The van der Waals surface area contributed by atoms with Gasteiger partial charge in [0, 0.05) is 30.2 Å². The summed E-state index contributed by atoms with van der Waals surface area (Å²) in [6.07, 6.45) is 2.22. The van der Waals surface area contributed by atoms with E-state index in [1.165, 1.54) is 0 Å². The number of anilines is 3. The number of carbonyl (C=O) groups is 2. The number of nitrogens with zero attached hydrogens (tertiary/aromatic N) is 1. The molecular weight excluding hydrogens is 412 g/mol. The summed E-state index contributed by atoms with van der Waals surface area (Å²) < 4.78 is 0. The molecule has 1 fully saturated rings. The normalized spacial score (nSPS) is 13.9. The topological polar surface area (TPSA) is 73.5 Å². The molecule has 3 amide bonds. The second kappa shape index (κ2) is 10.2. The fraction of sp³-hybridized carbons (Fsp3) is 0.259. The standard InChI is InChI=1S/C27H30N4O2/c1-19-10-12-22(13-11-19)29-27(33)30-23-14-15-25(31-16-6-7-17-31)24(18-23)26(32)28-20(2)21-8-4-3-5-9-21/h3-5,8-15,18,20H,6-7,16-17H2,1-2H3,(H,28,32)(H2,29,30,33). The van der Waals surface area contributed by atoms with Crippen molar-refractivity contribution in [3.8, 4) is 0 Å². The fourth-order valence-electron chi connectivity index (χ4n) is 4.06. The van der Waals surface area contributed by atoms with Crippen LogP contribution in [0, 0.1) is 6.92 Å².